The molecular weight excluding hydrogens is 380 g/mol. The molecule has 0 bridgehead atoms. The van der Waals surface area contributed by atoms with Gasteiger partial charge in [0.25, 0.3) is 0 Å². The van der Waals surface area contributed by atoms with Crippen LogP contribution < -0.4 is 4.74 Å². The highest BCUT2D eigenvalue weighted by Gasteiger charge is 2.13. The van der Waals surface area contributed by atoms with Crippen molar-refractivity contribution in [3.63, 3.8) is 0 Å². The zero-order valence-corrected chi connectivity index (χ0v) is 16.1. The molecule has 0 spiro atoms. The van der Waals surface area contributed by atoms with Gasteiger partial charge in [0, 0.05) is 18.2 Å². The van der Waals surface area contributed by atoms with Crippen molar-refractivity contribution in [1.29, 1.82) is 0 Å². The van der Waals surface area contributed by atoms with E-state index in [-0.39, 0.29) is 18.8 Å². The minimum Gasteiger partial charge on any atom is -0.495 e. The average molecular weight is 399 g/mol. The van der Waals surface area contributed by atoms with Gasteiger partial charge in [0.05, 0.1) is 24.0 Å². The van der Waals surface area contributed by atoms with E-state index in [0.717, 1.165) is 11.3 Å². The Hall–Kier alpha value is -3.12. The van der Waals surface area contributed by atoms with Gasteiger partial charge in [-0.15, -0.1) is 0 Å². The Kier molecular flexibility index (Phi) is 6.45. The third-order valence-electron chi connectivity index (χ3n) is 4.11. The summed E-state index contributed by atoms with van der Waals surface area (Å²) in [5.41, 5.74) is 2.22. The fourth-order valence-electron chi connectivity index (χ4n) is 2.60. The van der Waals surface area contributed by atoms with Crippen LogP contribution >= 0.6 is 11.6 Å². The molecule has 0 amide bonds. The first kappa shape index (κ1) is 19.6. The summed E-state index contributed by atoms with van der Waals surface area (Å²) in [5.74, 6) is -0.290. The van der Waals surface area contributed by atoms with Gasteiger partial charge in [0.2, 0.25) is 0 Å². The van der Waals surface area contributed by atoms with Crippen LogP contribution in [0.25, 0.3) is 5.69 Å². The molecule has 0 aliphatic heterocycles. The van der Waals surface area contributed by atoms with E-state index in [1.54, 1.807) is 23.0 Å². The van der Waals surface area contributed by atoms with Crippen molar-refractivity contribution in [3.05, 3.63) is 77.1 Å². The van der Waals surface area contributed by atoms with Crippen molar-refractivity contribution < 1.29 is 19.1 Å². The number of nitrogens with zero attached hydrogens (tertiary/aromatic N) is 2. The average Bonchev–Trinajstić information content (AvgIpc) is 3.20. The monoisotopic (exact) mass is 398 g/mol. The number of hydrogen-bond acceptors (Lipinski definition) is 5. The zero-order chi connectivity index (χ0) is 19.9. The molecule has 0 saturated carbocycles. The van der Waals surface area contributed by atoms with Gasteiger partial charge in [0.15, 0.2) is 12.4 Å². The van der Waals surface area contributed by atoms with Gasteiger partial charge in [0.1, 0.15) is 5.75 Å². The second kappa shape index (κ2) is 9.19. The maximum absolute atomic E-state index is 12.1. The van der Waals surface area contributed by atoms with Crippen LogP contribution in [-0.4, -0.2) is 35.2 Å². The molecule has 1 heterocycles. The number of hydrogen-bond donors (Lipinski definition) is 0. The Morgan fingerprint density at radius 3 is 2.64 bits per heavy atom. The van der Waals surface area contributed by atoms with E-state index in [1.807, 2.05) is 36.5 Å². The van der Waals surface area contributed by atoms with Crippen molar-refractivity contribution in [1.82, 2.24) is 9.78 Å². The first-order chi connectivity index (χ1) is 13.6. The summed E-state index contributed by atoms with van der Waals surface area (Å²) >= 11 is 6.01. The molecule has 3 aromatic rings. The normalized spacial score (nSPS) is 10.5. The van der Waals surface area contributed by atoms with Crippen molar-refractivity contribution in [2.75, 3.05) is 13.7 Å². The van der Waals surface area contributed by atoms with Crippen molar-refractivity contribution in [2.45, 2.75) is 12.8 Å². The van der Waals surface area contributed by atoms with Crippen LogP contribution in [0.2, 0.25) is 5.02 Å². The van der Waals surface area contributed by atoms with E-state index in [4.69, 9.17) is 21.1 Å². The highest BCUT2D eigenvalue weighted by molar-refractivity contribution is 6.32. The lowest BCUT2D eigenvalue weighted by atomic mass is 10.1. The predicted octanol–water partition coefficient (Wildman–Crippen LogP) is 3.89. The van der Waals surface area contributed by atoms with E-state index in [0.29, 0.717) is 22.8 Å². The number of aryl methyl sites for hydroxylation is 1. The minimum absolute atomic E-state index is 0.164. The molecule has 0 fully saturated rings. The molecule has 0 radical (unpaired) electrons. The van der Waals surface area contributed by atoms with Crippen LogP contribution in [-0.2, 0) is 16.0 Å². The fourth-order valence-corrected chi connectivity index (χ4v) is 2.86. The summed E-state index contributed by atoms with van der Waals surface area (Å²) in [4.78, 5) is 24.1. The van der Waals surface area contributed by atoms with E-state index in [2.05, 4.69) is 5.10 Å². The van der Waals surface area contributed by atoms with Gasteiger partial charge in [-0.25, -0.2) is 4.68 Å². The molecule has 2 aromatic carbocycles. The molecule has 0 unspecified atom stereocenters. The van der Waals surface area contributed by atoms with Crippen LogP contribution in [0.15, 0.2) is 60.9 Å². The Bertz CT molecular complexity index is 970. The molecule has 28 heavy (non-hydrogen) atoms. The number of carbonyl (C=O) groups excluding carboxylic acids is 2. The number of methoxy groups -OCH3 is 1. The number of halogens is 1. The summed E-state index contributed by atoms with van der Waals surface area (Å²) < 4.78 is 11.9. The number of benzene rings is 2. The largest absolute Gasteiger partial charge is 0.495 e. The Balaban J connectivity index is 1.48. The SMILES string of the molecule is COc1ccc(C(=O)COC(=O)CCc2cnn(-c3ccccc3)c2)cc1Cl. The van der Waals surface area contributed by atoms with Gasteiger partial charge in [-0.05, 0) is 42.3 Å². The van der Waals surface area contributed by atoms with Crippen LogP contribution in [0.4, 0.5) is 0 Å². The predicted molar refractivity (Wildman–Crippen MR) is 105 cm³/mol. The third-order valence-corrected chi connectivity index (χ3v) is 4.41. The second-order valence-electron chi connectivity index (χ2n) is 6.06. The quantitative estimate of drug-likeness (QED) is 0.425. The third kappa shape index (κ3) is 4.98. The molecule has 0 N–H and O–H groups in total. The van der Waals surface area contributed by atoms with E-state index in [1.165, 1.54) is 13.2 Å². The summed E-state index contributed by atoms with van der Waals surface area (Å²) in [5, 5.41) is 4.62. The number of esters is 1. The summed E-state index contributed by atoms with van der Waals surface area (Å²) in [6, 6.07) is 14.4. The fraction of sp³-hybridized carbons (Fsp3) is 0.190. The van der Waals surface area contributed by atoms with Crippen molar-refractivity contribution in [3.8, 4) is 11.4 Å². The summed E-state index contributed by atoms with van der Waals surface area (Å²) in [6.07, 6.45) is 4.23. The molecule has 0 atom stereocenters. The number of para-hydroxylation sites is 1. The Morgan fingerprint density at radius 1 is 1.14 bits per heavy atom. The van der Waals surface area contributed by atoms with E-state index in [9.17, 15) is 9.59 Å². The molecule has 6 nitrogen and oxygen atoms in total. The Morgan fingerprint density at radius 2 is 1.93 bits per heavy atom. The molecule has 0 aliphatic carbocycles. The number of ether oxygens (including phenoxy) is 2. The van der Waals surface area contributed by atoms with Crippen LogP contribution in [0.5, 0.6) is 5.75 Å². The molecule has 144 valence electrons. The maximum atomic E-state index is 12.1. The lowest BCUT2D eigenvalue weighted by Crippen LogP contribution is -2.14. The number of ketones is 1. The topological polar surface area (TPSA) is 70.4 Å². The molecule has 3 rings (SSSR count). The van der Waals surface area contributed by atoms with Gasteiger partial charge in [-0.3, -0.25) is 9.59 Å². The van der Waals surface area contributed by atoms with E-state index >= 15 is 0 Å². The lowest BCUT2D eigenvalue weighted by Gasteiger charge is -2.06. The number of Topliss-reactive ketones (excluding diaryl/α,β-unsaturated/α-hetero) is 1. The van der Waals surface area contributed by atoms with Gasteiger partial charge >= 0.3 is 5.97 Å². The van der Waals surface area contributed by atoms with Crippen molar-refractivity contribution >= 4 is 23.4 Å². The van der Waals surface area contributed by atoms with Gasteiger partial charge in [-0.2, -0.15) is 5.10 Å². The molecule has 7 heteroatoms. The van der Waals surface area contributed by atoms with E-state index < -0.39 is 5.97 Å². The van der Waals surface area contributed by atoms with Crippen LogP contribution in [0, 0.1) is 0 Å². The smallest absolute Gasteiger partial charge is 0.306 e. The molecule has 0 saturated heterocycles. The summed E-state index contributed by atoms with van der Waals surface area (Å²) in [7, 11) is 1.49. The Labute approximate surface area is 167 Å². The highest BCUT2D eigenvalue weighted by atomic mass is 35.5. The summed E-state index contributed by atoms with van der Waals surface area (Å²) in [6.45, 7) is -0.329. The van der Waals surface area contributed by atoms with Crippen LogP contribution in [0.1, 0.15) is 22.3 Å². The lowest BCUT2D eigenvalue weighted by molar-refractivity contribution is -0.142. The maximum Gasteiger partial charge on any atom is 0.306 e. The number of carbonyl (C=O) groups is 2. The van der Waals surface area contributed by atoms with Crippen LogP contribution in [0.3, 0.4) is 0 Å². The number of rotatable bonds is 8. The first-order valence-corrected chi connectivity index (χ1v) is 9.06. The molecule has 0 aliphatic rings. The zero-order valence-electron chi connectivity index (χ0n) is 15.3. The highest BCUT2D eigenvalue weighted by Crippen LogP contribution is 2.25. The van der Waals surface area contributed by atoms with Crippen molar-refractivity contribution in [2.24, 2.45) is 0 Å². The van der Waals surface area contributed by atoms with Gasteiger partial charge < -0.3 is 9.47 Å². The standard InChI is InChI=1S/C21H19ClN2O4/c1-27-20-9-8-16(11-18(20)22)19(25)14-28-21(26)10-7-15-12-23-24(13-15)17-5-3-2-4-6-17/h2-6,8-9,11-13H,7,10,14H2,1H3. The first-order valence-electron chi connectivity index (χ1n) is 8.68. The minimum atomic E-state index is -0.444. The molecule has 1 aromatic heterocycles. The second-order valence-corrected chi connectivity index (χ2v) is 6.47. The number of aromatic nitrogens is 2. The van der Waals surface area contributed by atoms with Gasteiger partial charge in [-0.1, -0.05) is 29.8 Å². The molecular formula is C21H19ClN2O4.